The van der Waals surface area contributed by atoms with E-state index in [0.717, 1.165) is 39.0 Å². The van der Waals surface area contributed by atoms with Gasteiger partial charge in [0.1, 0.15) is 0 Å². The number of nitrogens with two attached hydrogens (primary N) is 1. The second-order valence-corrected chi connectivity index (χ2v) is 16.9. The van der Waals surface area contributed by atoms with Gasteiger partial charge < -0.3 is 26.2 Å². The number of hydrogen-bond donors (Lipinski definition) is 5. The molecule has 0 saturated carbocycles. The zero-order chi connectivity index (χ0) is 40.8. The van der Waals surface area contributed by atoms with Gasteiger partial charge in [-0.25, -0.2) is 0 Å². The Balaban J connectivity index is 4.31. The van der Waals surface area contributed by atoms with Crippen LogP contribution in [0.4, 0.5) is 0 Å². The number of amidine groups is 1. The predicted octanol–water partition coefficient (Wildman–Crippen LogP) is 13.3. The number of unbranched alkanes of at least 4 members (excludes halogenated alkanes) is 25. The average Bonchev–Trinajstić information content (AvgIpc) is 3.18. The molecule has 0 aliphatic rings. The average molecular weight is 786 g/mol. The first-order chi connectivity index (χ1) is 27.5. The Hall–Kier alpha value is -1.86. The Morgan fingerprint density at radius 2 is 0.661 bits per heavy atom. The van der Waals surface area contributed by atoms with Gasteiger partial charge in [0, 0.05) is 13.1 Å². The van der Waals surface area contributed by atoms with Gasteiger partial charge in [-0.05, 0) is 136 Å². The summed E-state index contributed by atoms with van der Waals surface area (Å²) in [7, 11) is 0. The molecule has 0 rings (SSSR count). The van der Waals surface area contributed by atoms with E-state index in [-0.39, 0.29) is 5.96 Å². The number of guanidine groups is 1. The maximum Gasteiger partial charge on any atom is 0.185 e. The van der Waals surface area contributed by atoms with E-state index in [1.54, 1.807) is 0 Å². The van der Waals surface area contributed by atoms with Crippen LogP contribution in [0.25, 0.3) is 0 Å². The van der Waals surface area contributed by atoms with Gasteiger partial charge in [0.25, 0.3) is 0 Å². The number of rotatable bonds is 45. The lowest BCUT2D eigenvalue weighted by Gasteiger charge is -2.25. The largest absolute Gasteiger partial charge is 0.374 e. The Morgan fingerprint density at radius 3 is 0.982 bits per heavy atom. The summed E-state index contributed by atoms with van der Waals surface area (Å²) in [6.07, 6.45) is 52.3. The minimum Gasteiger partial charge on any atom is -0.374 e. The van der Waals surface area contributed by atoms with Crippen LogP contribution in [-0.4, -0.2) is 74.0 Å². The van der Waals surface area contributed by atoms with Gasteiger partial charge in [0.2, 0.25) is 0 Å². The summed E-state index contributed by atoms with van der Waals surface area (Å²) in [5.41, 5.74) is 5.54. The van der Waals surface area contributed by atoms with Gasteiger partial charge in [-0.2, -0.15) is 0 Å². The monoisotopic (exact) mass is 786 g/mol. The zero-order valence-corrected chi connectivity index (χ0v) is 38.1. The highest BCUT2D eigenvalue weighted by Gasteiger charge is 2.08. The van der Waals surface area contributed by atoms with E-state index in [1.165, 1.54) is 219 Å². The van der Waals surface area contributed by atoms with E-state index >= 15 is 0 Å². The first kappa shape index (κ1) is 54.1. The minimum absolute atomic E-state index is 0.0812. The van der Waals surface area contributed by atoms with Crippen molar-refractivity contribution in [1.29, 1.82) is 10.8 Å². The van der Waals surface area contributed by atoms with Crippen molar-refractivity contribution >= 4 is 11.8 Å². The molecule has 0 aromatic carbocycles. The molecule has 0 heterocycles. The summed E-state index contributed by atoms with van der Waals surface area (Å²) in [5, 5.41) is 21.4. The third kappa shape index (κ3) is 44.8. The fourth-order valence-corrected chi connectivity index (χ4v) is 7.61. The third-order valence-corrected chi connectivity index (χ3v) is 11.2. The van der Waals surface area contributed by atoms with Crippen LogP contribution in [0.2, 0.25) is 0 Å². The van der Waals surface area contributed by atoms with Gasteiger partial charge >= 0.3 is 0 Å². The number of allylic oxidation sites excluding steroid dienone is 4. The van der Waals surface area contributed by atoms with Crippen molar-refractivity contribution in [1.82, 2.24) is 20.4 Å². The fourth-order valence-electron chi connectivity index (χ4n) is 7.61. The molecule has 0 aliphatic heterocycles. The van der Waals surface area contributed by atoms with Gasteiger partial charge in [-0.15, -0.1) is 0 Å². The van der Waals surface area contributed by atoms with Gasteiger partial charge in [0.15, 0.2) is 5.96 Å². The maximum atomic E-state index is 7.71. The summed E-state index contributed by atoms with van der Waals surface area (Å²) < 4.78 is 0. The molecule has 330 valence electrons. The Bertz CT molecular complexity index is 803. The quantitative estimate of drug-likeness (QED) is 0.0183. The molecule has 7 heteroatoms. The molecular formula is C49H99N7. The first-order valence-electron chi connectivity index (χ1n) is 24.6. The molecular weight excluding hydrogens is 687 g/mol. The summed E-state index contributed by atoms with van der Waals surface area (Å²) in [6, 6.07) is 0. The van der Waals surface area contributed by atoms with Crippen molar-refractivity contribution in [2.45, 2.75) is 226 Å². The maximum absolute atomic E-state index is 7.71. The highest BCUT2D eigenvalue weighted by molar-refractivity contribution is 5.75. The third-order valence-electron chi connectivity index (χ3n) is 11.2. The van der Waals surface area contributed by atoms with Crippen LogP contribution in [0.15, 0.2) is 24.3 Å². The Kier molecular flexibility index (Phi) is 44.3. The minimum atomic E-state index is 0.0812. The van der Waals surface area contributed by atoms with E-state index < -0.39 is 0 Å². The molecule has 0 amide bonds. The molecule has 0 atom stereocenters. The van der Waals surface area contributed by atoms with Crippen LogP contribution in [0.1, 0.15) is 226 Å². The fraction of sp³-hybridized carbons (Fsp3) is 0.878. The van der Waals surface area contributed by atoms with E-state index in [9.17, 15) is 0 Å². The van der Waals surface area contributed by atoms with Gasteiger partial charge in [-0.1, -0.05) is 154 Å². The molecule has 0 unspecified atom stereocenters. The normalized spacial score (nSPS) is 11.9. The lowest BCUT2D eigenvalue weighted by molar-refractivity contribution is 0.232. The van der Waals surface area contributed by atoms with Crippen molar-refractivity contribution < 1.29 is 0 Å². The van der Waals surface area contributed by atoms with Crippen molar-refractivity contribution in [2.24, 2.45) is 5.73 Å². The molecule has 0 radical (unpaired) electrons. The second kappa shape index (κ2) is 45.8. The SMILES string of the molecule is CCCCCCCC/C=C\CCCCCCCCN(CCCCN(CCCCCCCC/C=C\CCCCCCCC)CCCNC(=N)N)CCCNC(C)=N. The second-order valence-electron chi connectivity index (χ2n) is 16.9. The lowest BCUT2D eigenvalue weighted by Crippen LogP contribution is -2.34. The topological polar surface area (TPSA) is 104 Å². The molecule has 7 nitrogen and oxygen atoms in total. The van der Waals surface area contributed by atoms with Crippen LogP contribution in [0, 0.1) is 10.8 Å². The Morgan fingerprint density at radius 1 is 0.393 bits per heavy atom. The Labute approximate surface area is 350 Å². The van der Waals surface area contributed by atoms with E-state index in [0.29, 0.717) is 5.84 Å². The summed E-state index contributed by atoms with van der Waals surface area (Å²) >= 11 is 0. The van der Waals surface area contributed by atoms with Crippen molar-refractivity contribution in [2.75, 3.05) is 52.4 Å². The molecule has 0 aromatic rings. The van der Waals surface area contributed by atoms with Crippen molar-refractivity contribution in [3.8, 4) is 0 Å². The standard InChI is InChI=1S/C49H99N7/c1-4-6-8-10-12-14-16-18-20-22-24-26-28-30-32-34-42-55(46-38-40-53-48(3)50)44-36-37-45-56(47-39-41-54-49(51)52)43-35-33-31-29-27-25-23-21-19-17-15-13-11-9-7-5-2/h18-21H,4-17,22-47H2,1-3H3,(H2,50,53)(H4,51,52,54)/b20-18-,21-19-. The molecule has 0 fully saturated rings. The van der Waals surface area contributed by atoms with Crippen molar-refractivity contribution in [3.05, 3.63) is 24.3 Å². The van der Waals surface area contributed by atoms with Gasteiger partial charge in [-0.3, -0.25) is 10.8 Å². The highest BCUT2D eigenvalue weighted by atomic mass is 15.1. The van der Waals surface area contributed by atoms with E-state index in [1.807, 2.05) is 6.92 Å². The van der Waals surface area contributed by atoms with Gasteiger partial charge in [0.05, 0.1) is 5.84 Å². The molecule has 0 bridgehead atoms. The number of nitrogens with one attached hydrogen (secondary N) is 4. The first-order valence-corrected chi connectivity index (χ1v) is 24.6. The molecule has 6 N–H and O–H groups in total. The van der Waals surface area contributed by atoms with E-state index in [2.05, 4.69) is 58.6 Å². The molecule has 0 aromatic heterocycles. The lowest BCUT2D eigenvalue weighted by atomic mass is 10.1. The molecule has 0 aliphatic carbocycles. The van der Waals surface area contributed by atoms with Crippen LogP contribution >= 0.6 is 0 Å². The molecule has 0 saturated heterocycles. The summed E-state index contributed by atoms with van der Waals surface area (Å²) in [4.78, 5) is 5.37. The summed E-state index contributed by atoms with van der Waals surface area (Å²) in [6.45, 7) is 15.1. The van der Waals surface area contributed by atoms with Crippen LogP contribution in [-0.2, 0) is 0 Å². The molecule has 56 heavy (non-hydrogen) atoms. The van der Waals surface area contributed by atoms with Crippen LogP contribution in [0.3, 0.4) is 0 Å². The van der Waals surface area contributed by atoms with Crippen LogP contribution in [0.5, 0.6) is 0 Å². The molecule has 0 spiro atoms. The van der Waals surface area contributed by atoms with Crippen LogP contribution < -0.4 is 16.4 Å². The number of hydrogen-bond acceptors (Lipinski definition) is 4. The summed E-state index contributed by atoms with van der Waals surface area (Å²) in [5.74, 6) is 0.655. The predicted molar refractivity (Wildman–Crippen MR) is 252 cm³/mol. The van der Waals surface area contributed by atoms with E-state index in [4.69, 9.17) is 16.6 Å². The number of nitrogens with zero attached hydrogens (tertiary/aromatic N) is 2. The zero-order valence-electron chi connectivity index (χ0n) is 38.1. The van der Waals surface area contributed by atoms with Crippen molar-refractivity contribution in [3.63, 3.8) is 0 Å². The smallest absolute Gasteiger partial charge is 0.185 e. The highest BCUT2D eigenvalue weighted by Crippen LogP contribution is 2.13.